The highest BCUT2D eigenvalue weighted by Gasteiger charge is 2.12. The molecule has 0 fully saturated rings. The summed E-state index contributed by atoms with van der Waals surface area (Å²) in [5.41, 5.74) is 2.88. The average molecular weight is 432 g/mol. The first-order chi connectivity index (χ1) is 12.6. The van der Waals surface area contributed by atoms with Gasteiger partial charge in [-0.3, -0.25) is 9.89 Å². The Bertz CT molecular complexity index is 909. The molecule has 0 radical (unpaired) electrons. The van der Waals surface area contributed by atoms with Gasteiger partial charge < -0.3 is 4.74 Å². The van der Waals surface area contributed by atoms with Gasteiger partial charge in [0.1, 0.15) is 5.75 Å². The highest BCUT2D eigenvalue weighted by Crippen LogP contribution is 2.27. The molecule has 0 saturated heterocycles. The Labute approximate surface area is 164 Å². The molecule has 0 amide bonds. The molecule has 3 aromatic rings. The van der Waals surface area contributed by atoms with Gasteiger partial charge in [-0.05, 0) is 46.1 Å². The molecular formula is C19H18BrN3O2S. The highest BCUT2D eigenvalue weighted by molar-refractivity contribution is 9.10. The van der Waals surface area contributed by atoms with E-state index in [2.05, 4.69) is 50.2 Å². The Balaban J connectivity index is 1.64. The third-order valence-electron chi connectivity index (χ3n) is 3.91. The number of nitrogens with one attached hydrogen (secondary N) is 1. The lowest BCUT2D eigenvalue weighted by molar-refractivity contribution is 0.102. The second-order valence-corrected chi connectivity index (χ2v) is 7.38. The SMILES string of the molecule is CCc1ccc(-c2nc(SCC(=O)c3ccc(OC)c(Br)c3)n[nH]2)cc1. The number of benzene rings is 2. The van der Waals surface area contributed by atoms with Crippen LogP contribution in [0.1, 0.15) is 22.8 Å². The minimum absolute atomic E-state index is 0.0111. The number of hydrogen-bond donors (Lipinski definition) is 1. The van der Waals surface area contributed by atoms with Crippen molar-refractivity contribution in [2.75, 3.05) is 12.9 Å². The molecule has 0 spiro atoms. The van der Waals surface area contributed by atoms with Crippen LogP contribution < -0.4 is 4.74 Å². The van der Waals surface area contributed by atoms with Crippen LogP contribution in [-0.2, 0) is 6.42 Å². The van der Waals surface area contributed by atoms with Crippen LogP contribution in [0.2, 0.25) is 0 Å². The molecule has 26 heavy (non-hydrogen) atoms. The van der Waals surface area contributed by atoms with Gasteiger partial charge in [0.2, 0.25) is 5.16 Å². The Morgan fingerprint density at radius 3 is 2.65 bits per heavy atom. The molecular weight excluding hydrogens is 414 g/mol. The molecule has 3 rings (SSSR count). The number of H-pyrrole nitrogens is 1. The van der Waals surface area contributed by atoms with Crippen LogP contribution in [-0.4, -0.2) is 33.8 Å². The molecule has 0 unspecified atom stereocenters. The second kappa shape index (κ2) is 8.51. The van der Waals surface area contributed by atoms with Gasteiger partial charge in [0, 0.05) is 11.1 Å². The Morgan fingerprint density at radius 2 is 2.00 bits per heavy atom. The Kier molecular flexibility index (Phi) is 6.11. The van der Waals surface area contributed by atoms with Crippen LogP contribution in [0.15, 0.2) is 52.1 Å². The summed E-state index contributed by atoms with van der Waals surface area (Å²) >= 11 is 4.71. The Morgan fingerprint density at radius 1 is 1.23 bits per heavy atom. The van der Waals surface area contributed by atoms with Crippen molar-refractivity contribution in [2.45, 2.75) is 18.5 Å². The van der Waals surface area contributed by atoms with Gasteiger partial charge in [-0.2, -0.15) is 0 Å². The first-order valence-corrected chi connectivity index (χ1v) is 9.89. The van der Waals surface area contributed by atoms with E-state index in [0.29, 0.717) is 22.3 Å². The zero-order chi connectivity index (χ0) is 18.5. The van der Waals surface area contributed by atoms with Crippen LogP contribution in [0.3, 0.4) is 0 Å². The zero-order valence-electron chi connectivity index (χ0n) is 14.5. The molecule has 0 bridgehead atoms. The van der Waals surface area contributed by atoms with E-state index in [1.165, 1.54) is 17.3 Å². The number of aromatic amines is 1. The molecule has 0 aliphatic heterocycles. The summed E-state index contributed by atoms with van der Waals surface area (Å²) in [4.78, 5) is 16.8. The number of nitrogens with zero attached hydrogens (tertiary/aromatic N) is 2. The first-order valence-electron chi connectivity index (χ1n) is 8.12. The van der Waals surface area contributed by atoms with E-state index in [0.717, 1.165) is 16.5 Å². The summed E-state index contributed by atoms with van der Waals surface area (Å²) in [6.07, 6.45) is 1.00. The van der Waals surface area contributed by atoms with Crippen LogP contribution in [0.5, 0.6) is 5.75 Å². The molecule has 134 valence electrons. The third-order valence-corrected chi connectivity index (χ3v) is 5.37. The molecule has 0 aliphatic carbocycles. The van der Waals surface area contributed by atoms with Crippen molar-refractivity contribution in [3.63, 3.8) is 0 Å². The number of Topliss-reactive ketones (excluding diaryl/α,β-unsaturated/α-hetero) is 1. The Hall–Kier alpha value is -2.12. The van der Waals surface area contributed by atoms with Gasteiger partial charge in [-0.15, -0.1) is 5.10 Å². The predicted molar refractivity (Wildman–Crippen MR) is 107 cm³/mol. The molecule has 2 aromatic carbocycles. The van der Waals surface area contributed by atoms with Crippen molar-refractivity contribution < 1.29 is 9.53 Å². The summed E-state index contributed by atoms with van der Waals surface area (Å²) < 4.78 is 5.94. The van der Waals surface area contributed by atoms with E-state index in [9.17, 15) is 4.79 Å². The lowest BCUT2D eigenvalue weighted by atomic mass is 10.1. The summed E-state index contributed by atoms with van der Waals surface area (Å²) in [7, 11) is 1.59. The number of hydrogen-bond acceptors (Lipinski definition) is 5. The maximum absolute atomic E-state index is 12.4. The summed E-state index contributed by atoms with van der Waals surface area (Å²) in [6.45, 7) is 2.12. The van der Waals surface area contributed by atoms with E-state index in [1.807, 2.05) is 12.1 Å². The fraction of sp³-hybridized carbons (Fsp3) is 0.211. The molecule has 1 N–H and O–H groups in total. The smallest absolute Gasteiger partial charge is 0.209 e. The van der Waals surface area contributed by atoms with E-state index in [4.69, 9.17) is 4.74 Å². The number of thioether (sulfide) groups is 1. The quantitative estimate of drug-likeness (QED) is 0.430. The number of aryl methyl sites for hydroxylation is 1. The van der Waals surface area contributed by atoms with Gasteiger partial charge >= 0.3 is 0 Å². The monoisotopic (exact) mass is 431 g/mol. The molecule has 0 saturated carbocycles. The van der Waals surface area contributed by atoms with Crippen molar-refractivity contribution >= 4 is 33.5 Å². The van der Waals surface area contributed by atoms with Gasteiger partial charge in [-0.1, -0.05) is 43.0 Å². The van der Waals surface area contributed by atoms with Crippen molar-refractivity contribution in [2.24, 2.45) is 0 Å². The molecule has 0 aliphatic rings. The predicted octanol–water partition coefficient (Wildman–Crippen LogP) is 4.78. The lowest BCUT2D eigenvalue weighted by Crippen LogP contribution is -2.03. The number of ether oxygens (including phenoxy) is 1. The van der Waals surface area contributed by atoms with Crippen molar-refractivity contribution in [1.29, 1.82) is 0 Å². The minimum Gasteiger partial charge on any atom is -0.496 e. The molecule has 1 heterocycles. The summed E-state index contributed by atoms with van der Waals surface area (Å²) in [5, 5.41) is 7.68. The first kappa shape index (κ1) is 18.7. The van der Waals surface area contributed by atoms with E-state index >= 15 is 0 Å². The maximum Gasteiger partial charge on any atom is 0.209 e. The molecule has 5 nitrogen and oxygen atoms in total. The van der Waals surface area contributed by atoms with Crippen molar-refractivity contribution in [1.82, 2.24) is 15.2 Å². The van der Waals surface area contributed by atoms with Gasteiger partial charge in [0.15, 0.2) is 11.6 Å². The zero-order valence-corrected chi connectivity index (χ0v) is 16.9. The number of ketones is 1. The average Bonchev–Trinajstić information content (AvgIpc) is 3.15. The standard InChI is InChI=1S/C19H18BrN3O2S/c1-3-12-4-6-13(7-5-12)18-21-19(23-22-18)26-11-16(24)14-8-9-17(25-2)15(20)10-14/h4-10H,3,11H2,1-2H3,(H,21,22,23). The molecule has 0 atom stereocenters. The third kappa shape index (κ3) is 4.34. The van der Waals surface area contributed by atoms with Crippen LogP contribution in [0, 0.1) is 0 Å². The maximum atomic E-state index is 12.4. The van der Waals surface area contributed by atoms with E-state index in [-0.39, 0.29) is 11.5 Å². The van der Waals surface area contributed by atoms with Crippen molar-refractivity contribution in [3.05, 3.63) is 58.1 Å². The topological polar surface area (TPSA) is 67.9 Å². The normalized spacial score (nSPS) is 10.7. The van der Waals surface area contributed by atoms with E-state index < -0.39 is 0 Å². The summed E-state index contributed by atoms with van der Waals surface area (Å²) in [5.74, 6) is 1.68. The number of rotatable bonds is 7. The van der Waals surface area contributed by atoms with Gasteiger partial charge in [0.05, 0.1) is 17.3 Å². The van der Waals surface area contributed by atoms with Gasteiger partial charge in [-0.25, -0.2) is 4.98 Å². The fourth-order valence-corrected chi connectivity index (χ4v) is 3.63. The minimum atomic E-state index is 0.0111. The molecule has 7 heteroatoms. The number of carbonyl (C=O) groups is 1. The lowest BCUT2D eigenvalue weighted by Gasteiger charge is -2.05. The number of halogens is 1. The largest absolute Gasteiger partial charge is 0.496 e. The van der Waals surface area contributed by atoms with Gasteiger partial charge in [0.25, 0.3) is 0 Å². The number of aromatic nitrogens is 3. The van der Waals surface area contributed by atoms with E-state index in [1.54, 1.807) is 25.3 Å². The van der Waals surface area contributed by atoms with Crippen molar-refractivity contribution in [3.8, 4) is 17.1 Å². The summed E-state index contributed by atoms with van der Waals surface area (Å²) in [6, 6.07) is 13.5. The fourth-order valence-electron chi connectivity index (χ4n) is 2.39. The second-order valence-electron chi connectivity index (χ2n) is 5.58. The van der Waals surface area contributed by atoms with Crippen LogP contribution >= 0.6 is 27.7 Å². The van der Waals surface area contributed by atoms with Crippen LogP contribution in [0.4, 0.5) is 0 Å². The number of methoxy groups -OCH3 is 1. The molecule has 1 aromatic heterocycles. The number of carbonyl (C=O) groups excluding carboxylic acids is 1. The highest BCUT2D eigenvalue weighted by atomic mass is 79.9. The van der Waals surface area contributed by atoms with Crippen LogP contribution in [0.25, 0.3) is 11.4 Å².